The monoisotopic (exact) mass is 198 g/mol. The van der Waals surface area contributed by atoms with E-state index in [9.17, 15) is 9.59 Å². The van der Waals surface area contributed by atoms with Crippen molar-refractivity contribution >= 4 is 11.7 Å². The zero-order valence-electron chi connectivity index (χ0n) is 8.82. The maximum absolute atomic E-state index is 11.6. The summed E-state index contributed by atoms with van der Waals surface area (Å²) in [5.74, 6) is -0.0178. The predicted octanol–water partition coefficient (Wildman–Crippen LogP) is 0.161. The summed E-state index contributed by atoms with van der Waals surface area (Å²) >= 11 is 0. The van der Waals surface area contributed by atoms with Crippen LogP contribution in [0.25, 0.3) is 0 Å². The SMILES string of the molecule is CCC(C)C(=O)CN1CCC1C(N)=O. The topological polar surface area (TPSA) is 63.4 Å². The highest BCUT2D eigenvalue weighted by Crippen LogP contribution is 2.17. The van der Waals surface area contributed by atoms with Gasteiger partial charge in [-0.25, -0.2) is 0 Å². The van der Waals surface area contributed by atoms with Crippen molar-refractivity contribution in [2.45, 2.75) is 32.7 Å². The van der Waals surface area contributed by atoms with Gasteiger partial charge in [0.25, 0.3) is 0 Å². The van der Waals surface area contributed by atoms with Gasteiger partial charge in [0.15, 0.2) is 0 Å². The summed E-state index contributed by atoms with van der Waals surface area (Å²) in [5, 5.41) is 0. The maximum atomic E-state index is 11.6. The van der Waals surface area contributed by atoms with Gasteiger partial charge in [-0.3, -0.25) is 14.5 Å². The van der Waals surface area contributed by atoms with Crippen molar-refractivity contribution < 1.29 is 9.59 Å². The number of amides is 1. The van der Waals surface area contributed by atoms with E-state index >= 15 is 0 Å². The molecule has 80 valence electrons. The van der Waals surface area contributed by atoms with Crippen LogP contribution in [-0.4, -0.2) is 35.7 Å². The molecule has 1 rings (SSSR count). The number of hydrogen-bond acceptors (Lipinski definition) is 3. The first-order valence-electron chi connectivity index (χ1n) is 5.12. The van der Waals surface area contributed by atoms with Gasteiger partial charge in [-0.1, -0.05) is 13.8 Å². The number of hydrogen-bond donors (Lipinski definition) is 1. The molecule has 1 amide bonds. The minimum atomic E-state index is -0.312. The summed E-state index contributed by atoms with van der Waals surface area (Å²) in [6, 6.07) is -0.206. The Morgan fingerprint density at radius 1 is 1.57 bits per heavy atom. The molecule has 0 spiro atoms. The van der Waals surface area contributed by atoms with Crippen molar-refractivity contribution in [1.82, 2.24) is 4.90 Å². The third-order valence-electron chi connectivity index (χ3n) is 2.98. The molecule has 14 heavy (non-hydrogen) atoms. The molecule has 1 aliphatic heterocycles. The Kier molecular flexibility index (Phi) is 3.63. The summed E-state index contributed by atoms with van der Waals surface area (Å²) in [6.45, 7) is 5.10. The highest BCUT2D eigenvalue weighted by atomic mass is 16.2. The van der Waals surface area contributed by atoms with Gasteiger partial charge in [0.05, 0.1) is 12.6 Å². The quantitative estimate of drug-likeness (QED) is 0.684. The Morgan fingerprint density at radius 2 is 2.21 bits per heavy atom. The number of carbonyl (C=O) groups is 2. The Hall–Kier alpha value is -0.900. The van der Waals surface area contributed by atoms with E-state index in [1.807, 2.05) is 18.7 Å². The van der Waals surface area contributed by atoms with Crippen LogP contribution in [0.1, 0.15) is 26.7 Å². The summed E-state index contributed by atoms with van der Waals surface area (Å²) in [5.41, 5.74) is 5.18. The minimum absolute atomic E-state index is 0.0872. The molecule has 0 radical (unpaired) electrons. The van der Waals surface area contributed by atoms with Crippen LogP contribution in [0.4, 0.5) is 0 Å². The average Bonchev–Trinajstić information content (AvgIpc) is 2.09. The number of carbonyl (C=O) groups excluding carboxylic acids is 2. The van der Waals surface area contributed by atoms with Gasteiger partial charge in [-0.15, -0.1) is 0 Å². The first-order valence-corrected chi connectivity index (χ1v) is 5.12. The standard InChI is InChI=1S/C10H18N2O2/c1-3-7(2)9(13)6-12-5-4-8(12)10(11)14/h7-8H,3-6H2,1-2H3,(H2,11,14). The lowest BCUT2D eigenvalue weighted by atomic mass is 9.98. The average molecular weight is 198 g/mol. The van der Waals surface area contributed by atoms with Crippen LogP contribution in [0, 0.1) is 5.92 Å². The van der Waals surface area contributed by atoms with Crippen molar-refractivity contribution in [2.75, 3.05) is 13.1 Å². The molecule has 0 aromatic rings. The smallest absolute Gasteiger partial charge is 0.234 e. The van der Waals surface area contributed by atoms with Crippen LogP contribution in [0.15, 0.2) is 0 Å². The second-order valence-electron chi connectivity index (χ2n) is 3.95. The van der Waals surface area contributed by atoms with E-state index < -0.39 is 0 Å². The fourth-order valence-electron chi connectivity index (χ4n) is 1.54. The number of rotatable bonds is 5. The van der Waals surface area contributed by atoms with Gasteiger partial charge in [-0.05, 0) is 12.8 Å². The van der Waals surface area contributed by atoms with E-state index in [1.54, 1.807) is 0 Å². The van der Waals surface area contributed by atoms with Crippen molar-refractivity contribution in [1.29, 1.82) is 0 Å². The highest BCUT2D eigenvalue weighted by Gasteiger charge is 2.33. The molecular formula is C10H18N2O2. The third kappa shape index (κ3) is 2.32. The third-order valence-corrected chi connectivity index (χ3v) is 2.98. The fraction of sp³-hybridized carbons (Fsp3) is 0.800. The molecule has 1 heterocycles. The van der Waals surface area contributed by atoms with Gasteiger partial charge < -0.3 is 5.73 Å². The number of nitrogens with two attached hydrogens (primary N) is 1. The van der Waals surface area contributed by atoms with E-state index in [1.165, 1.54) is 0 Å². The van der Waals surface area contributed by atoms with Gasteiger partial charge in [-0.2, -0.15) is 0 Å². The lowest BCUT2D eigenvalue weighted by Gasteiger charge is -2.38. The molecule has 0 aromatic heterocycles. The number of primary amides is 1. The summed E-state index contributed by atoms with van der Waals surface area (Å²) in [6.07, 6.45) is 1.65. The Labute approximate surface area is 84.4 Å². The van der Waals surface area contributed by atoms with Gasteiger partial charge in [0, 0.05) is 12.5 Å². The van der Waals surface area contributed by atoms with E-state index in [-0.39, 0.29) is 23.7 Å². The first kappa shape index (κ1) is 11.2. The van der Waals surface area contributed by atoms with E-state index in [0.717, 1.165) is 19.4 Å². The second-order valence-corrected chi connectivity index (χ2v) is 3.95. The molecule has 2 N–H and O–H groups in total. The van der Waals surface area contributed by atoms with E-state index in [0.29, 0.717) is 6.54 Å². The molecule has 0 aliphatic carbocycles. The molecule has 4 nitrogen and oxygen atoms in total. The molecule has 0 bridgehead atoms. The number of likely N-dealkylation sites (tertiary alicyclic amines) is 1. The van der Waals surface area contributed by atoms with Crippen LogP contribution in [0.5, 0.6) is 0 Å². The zero-order chi connectivity index (χ0) is 10.7. The molecule has 0 aromatic carbocycles. The van der Waals surface area contributed by atoms with Crippen molar-refractivity contribution in [3.05, 3.63) is 0 Å². The predicted molar refractivity (Wildman–Crippen MR) is 53.6 cm³/mol. The van der Waals surface area contributed by atoms with E-state index in [2.05, 4.69) is 0 Å². The van der Waals surface area contributed by atoms with Gasteiger partial charge >= 0.3 is 0 Å². The van der Waals surface area contributed by atoms with E-state index in [4.69, 9.17) is 5.73 Å². The first-order chi connectivity index (χ1) is 6.56. The summed E-state index contributed by atoms with van der Waals surface area (Å²) in [7, 11) is 0. The molecule has 2 unspecified atom stereocenters. The van der Waals surface area contributed by atoms with Gasteiger partial charge in [0.2, 0.25) is 5.91 Å². The molecule has 4 heteroatoms. The lowest BCUT2D eigenvalue weighted by Crippen LogP contribution is -2.56. The van der Waals surface area contributed by atoms with Crippen LogP contribution >= 0.6 is 0 Å². The fourth-order valence-corrected chi connectivity index (χ4v) is 1.54. The summed E-state index contributed by atoms with van der Waals surface area (Å²) < 4.78 is 0. The molecule has 1 aliphatic rings. The highest BCUT2D eigenvalue weighted by molar-refractivity contribution is 5.85. The Morgan fingerprint density at radius 3 is 2.57 bits per heavy atom. The molecular weight excluding hydrogens is 180 g/mol. The van der Waals surface area contributed by atoms with Crippen molar-refractivity contribution in [3.8, 4) is 0 Å². The van der Waals surface area contributed by atoms with Crippen LogP contribution in [0.3, 0.4) is 0 Å². The molecule has 1 saturated heterocycles. The molecule has 1 fully saturated rings. The number of nitrogens with zero attached hydrogens (tertiary/aromatic N) is 1. The second kappa shape index (κ2) is 4.55. The van der Waals surface area contributed by atoms with Crippen molar-refractivity contribution in [3.63, 3.8) is 0 Å². The van der Waals surface area contributed by atoms with Crippen LogP contribution < -0.4 is 5.73 Å². The molecule has 2 atom stereocenters. The lowest BCUT2D eigenvalue weighted by molar-refractivity contribution is -0.132. The normalized spacial score (nSPS) is 24.0. The number of Topliss-reactive ketones (excluding diaryl/α,β-unsaturated/α-hetero) is 1. The Bertz CT molecular complexity index is 240. The zero-order valence-corrected chi connectivity index (χ0v) is 8.82. The minimum Gasteiger partial charge on any atom is -0.368 e. The van der Waals surface area contributed by atoms with Gasteiger partial charge in [0.1, 0.15) is 5.78 Å². The maximum Gasteiger partial charge on any atom is 0.234 e. The number of ketones is 1. The largest absolute Gasteiger partial charge is 0.368 e. The van der Waals surface area contributed by atoms with Crippen molar-refractivity contribution in [2.24, 2.45) is 11.7 Å². The van der Waals surface area contributed by atoms with Crippen LogP contribution in [-0.2, 0) is 9.59 Å². The summed E-state index contributed by atoms with van der Waals surface area (Å²) in [4.78, 5) is 24.3. The molecule has 0 saturated carbocycles. The Balaban J connectivity index is 2.38. The van der Waals surface area contributed by atoms with Crippen LogP contribution in [0.2, 0.25) is 0 Å².